The lowest BCUT2D eigenvalue weighted by molar-refractivity contribution is -0.107. The molecule has 0 saturated carbocycles. The van der Waals surface area contributed by atoms with Gasteiger partial charge < -0.3 is 20.3 Å². The van der Waals surface area contributed by atoms with Gasteiger partial charge in [-0.1, -0.05) is 6.07 Å². The van der Waals surface area contributed by atoms with E-state index < -0.39 is 18.9 Å². The first-order valence-electron chi connectivity index (χ1n) is 5.18. The summed E-state index contributed by atoms with van der Waals surface area (Å²) < 4.78 is 0. The second kappa shape index (κ2) is 9.12. The molecule has 1 aromatic heterocycles. The summed E-state index contributed by atoms with van der Waals surface area (Å²) in [6, 6.07) is 5.72. The summed E-state index contributed by atoms with van der Waals surface area (Å²) in [6.07, 6.45) is 3.50. The van der Waals surface area contributed by atoms with Crippen LogP contribution in [0.2, 0.25) is 0 Å². The number of aliphatic hydroxyl groups is 2. The Hall–Kier alpha value is -0.945. The highest BCUT2D eigenvalue weighted by atomic mass is 16.4. The van der Waals surface area contributed by atoms with Crippen LogP contribution in [0.4, 0.5) is 0 Å². The molecule has 0 fully saturated rings. The van der Waals surface area contributed by atoms with Crippen molar-refractivity contribution in [2.45, 2.75) is 38.9 Å². The van der Waals surface area contributed by atoms with Gasteiger partial charge in [-0.3, -0.25) is 4.98 Å². The lowest BCUT2D eigenvalue weighted by Gasteiger charge is -2.31. The number of hydrogen-bond donors (Lipinski definition) is 4. The SMILES string of the molecule is CC(C)(O)C(C)(C)O.OBO.c1ccncc1. The topological polar surface area (TPSA) is 93.8 Å². The molecule has 17 heavy (non-hydrogen) atoms. The number of rotatable bonds is 1. The van der Waals surface area contributed by atoms with Gasteiger partial charge in [-0.2, -0.15) is 0 Å². The van der Waals surface area contributed by atoms with Crippen molar-refractivity contribution < 1.29 is 20.3 Å². The molecule has 0 spiro atoms. The Morgan fingerprint density at radius 2 is 1.12 bits per heavy atom. The molecule has 6 heteroatoms. The maximum Gasteiger partial charge on any atom is 0.432 e. The van der Waals surface area contributed by atoms with Gasteiger partial charge in [0.05, 0.1) is 11.2 Å². The molecule has 1 rings (SSSR count). The van der Waals surface area contributed by atoms with Crippen molar-refractivity contribution in [1.29, 1.82) is 0 Å². The summed E-state index contributed by atoms with van der Waals surface area (Å²) in [6.45, 7) is 6.31. The summed E-state index contributed by atoms with van der Waals surface area (Å²) in [7, 11) is -0.750. The van der Waals surface area contributed by atoms with Crippen LogP contribution in [0, 0.1) is 0 Å². The van der Waals surface area contributed by atoms with Crippen molar-refractivity contribution in [2.24, 2.45) is 0 Å². The third-order valence-electron chi connectivity index (χ3n) is 2.06. The Morgan fingerprint density at radius 3 is 1.18 bits per heavy atom. The fourth-order valence-electron chi connectivity index (χ4n) is 0.313. The van der Waals surface area contributed by atoms with E-state index in [0.29, 0.717) is 0 Å². The van der Waals surface area contributed by atoms with E-state index in [4.69, 9.17) is 20.3 Å². The van der Waals surface area contributed by atoms with E-state index in [1.807, 2.05) is 18.2 Å². The smallest absolute Gasteiger partial charge is 0.430 e. The summed E-state index contributed by atoms with van der Waals surface area (Å²) in [5, 5.41) is 32.5. The molecule has 0 saturated heterocycles. The molecule has 0 radical (unpaired) electrons. The Morgan fingerprint density at radius 1 is 0.824 bits per heavy atom. The van der Waals surface area contributed by atoms with E-state index in [1.165, 1.54) is 0 Å². The first-order valence-corrected chi connectivity index (χ1v) is 5.18. The highest BCUT2D eigenvalue weighted by Gasteiger charge is 2.31. The van der Waals surface area contributed by atoms with Gasteiger partial charge in [-0.25, -0.2) is 0 Å². The zero-order valence-corrected chi connectivity index (χ0v) is 10.8. The van der Waals surface area contributed by atoms with Crippen LogP contribution in [0.3, 0.4) is 0 Å². The Bertz CT molecular complexity index is 218. The molecule has 0 unspecified atom stereocenters. The van der Waals surface area contributed by atoms with Gasteiger partial charge in [-0.05, 0) is 39.8 Å². The molecule has 0 amide bonds. The van der Waals surface area contributed by atoms with Crippen molar-refractivity contribution in [3.8, 4) is 0 Å². The van der Waals surface area contributed by atoms with E-state index >= 15 is 0 Å². The molecule has 0 aliphatic rings. The maximum absolute atomic E-state index is 9.10. The molecule has 98 valence electrons. The Kier molecular flexibility index (Phi) is 9.89. The van der Waals surface area contributed by atoms with E-state index in [0.717, 1.165) is 0 Å². The average molecular weight is 243 g/mol. The van der Waals surface area contributed by atoms with Crippen LogP contribution in [-0.4, -0.2) is 44.1 Å². The lowest BCUT2D eigenvalue weighted by atomic mass is 9.90. The Balaban J connectivity index is 0. The maximum atomic E-state index is 9.10. The normalized spacial score (nSPS) is 10.4. The summed E-state index contributed by atoms with van der Waals surface area (Å²) in [4.78, 5) is 3.78. The Labute approximate surface area is 103 Å². The van der Waals surface area contributed by atoms with Crippen molar-refractivity contribution in [2.75, 3.05) is 0 Å². The van der Waals surface area contributed by atoms with Crippen LogP contribution in [0.25, 0.3) is 0 Å². The third-order valence-corrected chi connectivity index (χ3v) is 2.06. The minimum Gasteiger partial charge on any atom is -0.430 e. The number of hydrogen-bond acceptors (Lipinski definition) is 5. The first kappa shape index (κ1) is 18.4. The second-order valence-corrected chi connectivity index (χ2v) is 4.28. The predicted octanol–water partition coefficient (Wildman–Crippen LogP) is -0.153. The van der Waals surface area contributed by atoms with Gasteiger partial charge in [0, 0.05) is 12.4 Å². The molecule has 1 heterocycles. The summed E-state index contributed by atoms with van der Waals surface area (Å²) in [5.74, 6) is 0. The van der Waals surface area contributed by atoms with Gasteiger partial charge in [0.25, 0.3) is 0 Å². The summed E-state index contributed by atoms with van der Waals surface area (Å²) >= 11 is 0. The van der Waals surface area contributed by atoms with Gasteiger partial charge >= 0.3 is 7.69 Å². The van der Waals surface area contributed by atoms with Crippen LogP contribution < -0.4 is 0 Å². The molecule has 5 nitrogen and oxygen atoms in total. The summed E-state index contributed by atoms with van der Waals surface area (Å²) in [5.41, 5.74) is -2.01. The zero-order chi connectivity index (χ0) is 13.9. The van der Waals surface area contributed by atoms with Crippen LogP contribution in [0.1, 0.15) is 27.7 Å². The molecule has 0 aromatic carbocycles. The monoisotopic (exact) mass is 243 g/mol. The van der Waals surface area contributed by atoms with Crippen LogP contribution in [0.15, 0.2) is 30.6 Å². The van der Waals surface area contributed by atoms with Crippen LogP contribution in [-0.2, 0) is 0 Å². The van der Waals surface area contributed by atoms with Gasteiger partial charge in [0.1, 0.15) is 0 Å². The highest BCUT2D eigenvalue weighted by Crippen LogP contribution is 2.19. The van der Waals surface area contributed by atoms with Crippen LogP contribution in [0.5, 0.6) is 0 Å². The second-order valence-electron chi connectivity index (χ2n) is 4.28. The van der Waals surface area contributed by atoms with E-state index in [9.17, 15) is 0 Å². The molecule has 0 atom stereocenters. The quantitative estimate of drug-likeness (QED) is 0.514. The highest BCUT2D eigenvalue weighted by molar-refractivity contribution is 6.13. The van der Waals surface area contributed by atoms with E-state index in [2.05, 4.69) is 4.98 Å². The third kappa shape index (κ3) is 13.0. The first-order chi connectivity index (χ1) is 7.66. The molecular weight excluding hydrogens is 221 g/mol. The van der Waals surface area contributed by atoms with Crippen LogP contribution >= 0.6 is 0 Å². The molecular formula is C11H22BNO4. The molecule has 1 aromatic rings. The largest absolute Gasteiger partial charge is 0.432 e. The lowest BCUT2D eigenvalue weighted by Crippen LogP contribution is -2.44. The van der Waals surface area contributed by atoms with Gasteiger partial charge in [0.2, 0.25) is 0 Å². The fraction of sp³-hybridized carbons (Fsp3) is 0.545. The minimum absolute atomic E-state index is 0.750. The molecule has 0 aliphatic carbocycles. The molecule has 0 aliphatic heterocycles. The van der Waals surface area contributed by atoms with Crippen molar-refractivity contribution >= 4 is 7.69 Å². The van der Waals surface area contributed by atoms with Gasteiger partial charge in [0.15, 0.2) is 0 Å². The van der Waals surface area contributed by atoms with E-state index in [1.54, 1.807) is 40.1 Å². The number of pyridine rings is 1. The standard InChI is InChI=1S/C6H14O2.C5H5N.BH3O2/c1-5(2,7)6(3,4)8;1-2-4-6-5-3-1;2-1-3/h7-8H,1-4H3;1-5H;1-3H. The molecule has 4 N–H and O–H groups in total. The van der Waals surface area contributed by atoms with Crippen molar-refractivity contribution in [3.05, 3.63) is 30.6 Å². The molecule has 0 bridgehead atoms. The number of aromatic nitrogens is 1. The number of nitrogens with zero attached hydrogens (tertiary/aromatic N) is 1. The van der Waals surface area contributed by atoms with Crippen molar-refractivity contribution in [3.63, 3.8) is 0 Å². The van der Waals surface area contributed by atoms with Gasteiger partial charge in [-0.15, -0.1) is 0 Å². The minimum atomic E-state index is -1.01. The zero-order valence-electron chi connectivity index (χ0n) is 10.8. The predicted molar refractivity (Wildman–Crippen MR) is 68.4 cm³/mol. The fourth-order valence-corrected chi connectivity index (χ4v) is 0.313. The van der Waals surface area contributed by atoms with Crippen molar-refractivity contribution in [1.82, 2.24) is 4.98 Å². The average Bonchev–Trinajstić information content (AvgIpc) is 2.19. The van der Waals surface area contributed by atoms with E-state index in [-0.39, 0.29) is 0 Å².